The van der Waals surface area contributed by atoms with E-state index in [2.05, 4.69) is 26.0 Å². The number of aryl methyl sites for hydroxylation is 1. The molecule has 0 aromatic heterocycles. The van der Waals surface area contributed by atoms with Crippen molar-refractivity contribution in [3.8, 4) is 5.75 Å². The Kier molecular flexibility index (Phi) is 4.90. The molecule has 110 valence electrons. The Bertz CT molecular complexity index is 662. The van der Waals surface area contributed by atoms with Crippen molar-refractivity contribution in [2.75, 3.05) is 5.32 Å². The summed E-state index contributed by atoms with van der Waals surface area (Å²) in [4.78, 5) is 12.1. The minimum Gasteiger partial charge on any atom is -0.435 e. The molecule has 0 aliphatic carbocycles. The van der Waals surface area contributed by atoms with Gasteiger partial charge in [-0.25, -0.2) is 0 Å². The molecule has 6 heteroatoms. The van der Waals surface area contributed by atoms with Gasteiger partial charge in [-0.3, -0.25) is 4.79 Å². The molecule has 2 rings (SSSR count). The Balaban J connectivity index is 2.14. The van der Waals surface area contributed by atoms with E-state index >= 15 is 0 Å². The molecule has 0 aliphatic rings. The van der Waals surface area contributed by atoms with Crippen LogP contribution in [-0.2, 0) is 0 Å². The molecule has 0 saturated carbocycles. The molecule has 3 nitrogen and oxygen atoms in total. The van der Waals surface area contributed by atoms with Gasteiger partial charge in [-0.05, 0) is 48.9 Å². The molecule has 1 amide bonds. The van der Waals surface area contributed by atoms with Crippen molar-refractivity contribution in [2.24, 2.45) is 0 Å². The second-order valence-corrected chi connectivity index (χ2v) is 5.18. The highest BCUT2D eigenvalue weighted by atomic mass is 79.9. The highest BCUT2D eigenvalue weighted by Crippen LogP contribution is 2.21. The number of carbonyl (C=O) groups is 1. The van der Waals surface area contributed by atoms with Gasteiger partial charge in [0.2, 0.25) is 0 Å². The van der Waals surface area contributed by atoms with Crippen molar-refractivity contribution in [1.82, 2.24) is 0 Å². The van der Waals surface area contributed by atoms with Gasteiger partial charge >= 0.3 is 6.61 Å². The lowest BCUT2D eigenvalue weighted by molar-refractivity contribution is -0.0498. The Morgan fingerprint density at radius 2 is 2.00 bits per heavy atom. The number of alkyl halides is 2. The number of hydrogen-bond donors (Lipinski definition) is 1. The molecule has 2 aromatic carbocycles. The minimum absolute atomic E-state index is 0.0513. The molecule has 1 N–H and O–H groups in total. The summed E-state index contributed by atoms with van der Waals surface area (Å²) in [5.41, 5.74) is 1.84. The first-order chi connectivity index (χ1) is 9.95. The summed E-state index contributed by atoms with van der Waals surface area (Å²) in [7, 11) is 0. The van der Waals surface area contributed by atoms with E-state index in [1.165, 1.54) is 24.3 Å². The van der Waals surface area contributed by atoms with Crippen LogP contribution in [0.15, 0.2) is 46.9 Å². The predicted molar refractivity (Wildman–Crippen MR) is 79.9 cm³/mol. The summed E-state index contributed by atoms with van der Waals surface area (Å²) >= 11 is 3.37. The summed E-state index contributed by atoms with van der Waals surface area (Å²) in [5, 5.41) is 2.70. The zero-order chi connectivity index (χ0) is 15.4. The van der Waals surface area contributed by atoms with Gasteiger partial charge in [-0.15, -0.1) is 0 Å². The normalized spacial score (nSPS) is 10.5. The van der Waals surface area contributed by atoms with E-state index in [1.807, 2.05) is 19.1 Å². The first-order valence-corrected chi connectivity index (χ1v) is 6.87. The fourth-order valence-electron chi connectivity index (χ4n) is 1.74. The Hall–Kier alpha value is -1.95. The van der Waals surface area contributed by atoms with Crippen molar-refractivity contribution in [1.29, 1.82) is 0 Å². The molecule has 2 aromatic rings. The zero-order valence-corrected chi connectivity index (χ0v) is 12.7. The van der Waals surface area contributed by atoms with Gasteiger partial charge in [0.1, 0.15) is 5.75 Å². The highest BCUT2D eigenvalue weighted by molar-refractivity contribution is 9.10. The summed E-state index contributed by atoms with van der Waals surface area (Å²) in [6.07, 6.45) is 0. The number of rotatable bonds is 4. The first-order valence-electron chi connectivity index (χ1n) is 6.08. The van der Waals surface area contributed by atoms with Crippen molar-refractivity contribution in [2.45, 2.75) is 13.5 Å². The lowest BCUT2D eigenvalue weighted by Gasteiger charge is -2.09. The largest absolute Gasteiger partial charge is 0.435 e. The summed E-state index contributed by atoms with van der Waals surface area (Å²) in [6, 6.07) is 11.0. The van der Waals surface area contributed by atoms with Crippen LogP contribution >= 0.6 is 15.9 Å². The van der Waals surface area contributed by atoms with Crippen LogP contribution in [0.1, 0.15) is 15.9 Å². The summed E-state index contributed by atoms with van der Waals surface area (Å²) in [5.74, 6) is -0.443. The Labute approximate surface area is 129 Å². The molecular formula is C15H12BrF2NO2. The van der Waals surface area contributed by atoms with E-state index in [0.29, 0.717) is 5.69 Å². The third-order valence-corrected chi connectivity index (χ3v) is 3.63. The number of halogens is 3. The topological polar surface area (TPSA) is 38.3 Å². The molecule has 0 unspecified atom stereocenters. The molecule has 0 heterocycles. The van der Waals surface area contributed by atoms with E-state index in [1.54, 1.807) is 6.07 Å². The maximum absolute atomic E-state index is 12.2. The maximum atomic E-state index is 12.2. The molecule has 21 heavy (non-hydrogen) atoms. The average molecular weight is 356 g/mol. The second-order valence-electron chi connectivity index (χ2n) is 4.32. The van der Waals surface area contributed by atoms with E-state index < -0.39 is 12.5 Å². The van der Waals surface area contributed by atoms with Crippen LogP contribution < -0.4 is 10.1 Å². The minimum atomic E-state index is -2.92. The monoisotopic (exact) mass is 355 g/mol. The van der Waals surface area contributed by atoms with Gasteiger partial charge in [0.05, 0.1) is 0 Å². The maximum Gasteiger partial charge on any atom is 0.387 e. The van der Waals surface area contributed by atoms with Crippen molar-refractivity contribution in [3.05, 3.63) is 58.1 Å². The number of hydrogen-bond acceptors (Lipinski definition) is 2. The predicted octanol–water partition coefficient (Wildman–Crippen LogP) is 4.61. The number of amides is 1. The van der Waals surface area contributed by atoms with Crippen molar-refractivity contribution >= 4 is 27.5 Å². The van der Waals surface area contributed by atoms with Crippen molar-refractivity contribution in [3.63, 3.8) is 0 Å². The molecule has 0 aliphatic heterocycles. The van der Waals surface area contributed by atoms with Crippen LogP contribution in [0.25, 0.3) is 0 Å². The molecule has 0 bridgehead atoms. The number of anilines is 1. The number of carbonyl (C=O) groups excluding carboxylic acids is 1. The third kappa shape index (κ3) is 4.26. The van der Waals surface area contributed by atoms with Gasteiger partial charge in [-0.2, -0.15) is 8.78 Å². The third-order valence-electron chi connectivity index (χ3n) is 2.74. The van der Waals surface area contributed by atoms with E-state index in [9.17, 15) is 13.6 Å². The smallest absolute Gasteiger partial charge is 0.387 e. The number of nitrogens with one attached hydrogen (secondary N) is 1. The van der Waals surface area contributed by atoms with Gasteiger partial charge < -0.3 is 10.1 Å². The van der Waals surface area contributed by atoms with Gasteiger partial charge in [0.15, 0.2) is 0 Å². The zero-order valence-electron chi connectivity index (χ0n) is 11.1. The molecular weight excluding hydrogens is 344 g/mol. The first kappa shape index (κ1) is 15.4. The van der Waals surface area contributed by atoms with Crippen molar-refractivity contribution < 1.29 is 18.3 Å². The van der Waals surface area contributed by atoms with Gasteiger partial charge in [0.25, 0.3) is 5.91 Å². The van der Waals surface area contributed by atoms with E-state index in [-0.39, 0.29) is 11.3 Å². The van der Waals surface area contributed by atoms with E-state index in [0.717, 1.165) is 10.0 Å². The van der Waals surface area contributed by atoms with Crippen LogP contribution in [-0.4, -0.2) is 12.5 Å². The number of ether oxygens (including phenoxy) is 1. The molecule has 0 atom stereocenters. The van der Waals surface area contributed by atoms with Crippen LogP contribution in [0.3, 0.4) is 0 Å². The lowest BCUT2D eigenvalue weighted by Crippen LogP contribution is -2.12. The SMILES string of the molecule is Cc1cc(NC(=O)c2cccc(OC(F)F)c2)ccc1Br. The van der Waals surface area contributed by atoms with Gasteiger partial charge in [-0.1, -0.05) is 22.0 Å². The fraction of sp³-hybridized carbons (Fsp3) is 0.133. The Morgan fingerprint density at radius 3 is 2.67 bits per heavy atom. The highest BCUT2D eigenvalue weighted by Gasteiger charge is 2.10. The average Bonchev–Trinajstić information content (AvgIpc) is 2.42. The van der Waals surface area contributed by atoms with Crippen LogP contribution in [0.5, 0.6) is 5.75 Å². The molecule has 0 saturated heterocycles. The lowest BCUT2D eigenvalue weighted by atomic mass is 10.2. The summed E-state index contributed by atoms with van der Waals surface area (Å²) < 4.78 is 29.5. The van der Waals surface area contributed by atoms with Crippen LogP contribution in [0.2, 0.25) is 0 Å². The standard InChI is InChI=1S/C15H12BrF2NO2/c1-9-7-11(5-6-13(9)16)19-14(20)10-3-2-4-12(8-10)21-15(17)18/h2-8,15H,1H3,(H,19,20). The molecule has 0 fully saturated rings. The van der Waals surface area contributed by atoms with Crippen LogP contribution in [0, 0.1) is 6.92 Å². The molecule has 0 radical (unpaired) electrons. The summed E-state index contributed by atoms with van der Waals surface area (Å²) in [6.45, 7) is -1.02. The number of benzene rings is 2. The second kappa shape index (κ2) is 6.67. The van der Waals surface area contributed by atoms with E-state index in [4.69, 9.17) is 0 Å². The quantitative estimate of drug-likeness (QED) is 0.869. The fourth-order valence-corrected chi connectivity index (χ4v) is 1.99. The van der Waals surface area contributed by atoms with Gasteiger partial charge in [0, 0.05) is 15.7 Å². The van der Waals surface area contributed by atoms with Crippen LogP contribution in [0.4, 0.5) is 14.5 Å². The Morgan fingerprint density at radius 1 is 1.24 bits per heavy atom. The molecule has 0 spiro atoms.